The minimum absolute atomic E-state index is 0.00130. The number of carbonyl (C=O) groups is 2. The largest absolute Gasteiger partial charge is 0.495 e. The number of ether oxygens (including phenoxy) is 1. The Balaban J connectivity index is 1.30. The number of hydrogen-bond acceptors (Lipinski definition) is 7. The number of likely N-dealkylation sites (tertiary alicyclic amines) is 1. The molecule has 0 spiro atoms. The summed E-state index contributed by atoms with van der Waals surface area (Å²) in [7, 11) is 1.46. The molecule has 2 N–H and O–H groups in total. The Hall–Kier alpha value is -3.99. The number of alkyl halides is 3. The summed E-state index contributed by atoms with van der Waals surface area (Å²) in [6, 6.07) is 10.3. The number of benzene rings is 2. The van der Waals surface area contributed by atoms with E-state index >= 15 is 0 Å². The lowest BCUT2D eigenvalue weighted by molar-refractivity contribution is -0.138. The molecule has 0 unspecified atom stereocenters. The number of methoxy groups -OCH3 is 1. The van der Waals surface area contributed by atoms with Gasteiger partial charge in [-0.25, -0.2) is 9.97 Å². The first kappa shape index (κ1) is 28.5. The van der Waals surface area contributed by atoms with Crippen LogP contribution in [0.4, 0.5) is 30.5 Å². The van der Waals surface area contributed by atoms with E-state index in [2.05, 4.69) is 25.5 Å². The summed E-state index contributed by atoms with van der Waals surface area (Å²) in [6.45, 7) is 3.07. The van der Waals surface area contributed by atoms with Crippen molar-refractivity contribution in [3.63, 3.8) is 0 Å². The molecule has 0 saturated carbocycles. The fraction of sp³-hybridized carbons (Fsp3) is 0.400. The Kier molecular flexibility index (Phi) is 8.53. The summed E-state index contributed by atoms with van der Waals surface area (Å²) >= 11 is 0. The molecule has 1 fully saturated rings. The lowest BCUT2D eigenvalue weighted by Crippen LogP contribution is -2.21. The Bertz CT molecular complexity index is 1440. The Labute approximate surface area is 236 Å². The van der Waals surface area contributed by atoms with Crippen molar-refractivity contribution in [2.75, 3.05) is 37.4 Å². The SMILES string of the molecule is COc1cc(C(=O)CCCN2CCCC2)ccc1Nc1ncc(C(F)(F)F)c(CCc2cccc3c2CC(=O)N3)n1. The van der Waals surface area contributed by atoms with Crippen LogP contribution in [0.1, 0.15) is 58.4 Å². The highest BCUT2D eigenvalue weighted by atomic mass is 19.4. The molecule has 0 radical (unpaired) electrons. The van der Waals surface area contributed by atoms with Crippen LogP contribution in [0, 0.1) is 0 Å². The lowest BCUT2D eigenvalue weighted by atomic mass is 9.98. The fourth-order valence-corrected chi connectivity index (χ4v) is 5.41. The average molecular weight is 568 g/mol. The zero-order valence-corrected chi connectivity index (χ0v) is 22.8. The van der Waals surface area contributed by atoms with Gasteiger partial charge in [-0.3, -0.25) is 9.59 Å². The molecule has 5 rings (SSSR count). The zero-order chi connectivity index (χ0) is 29.0. The van der Waals surface area contributed by atoms with Crippen LogP contribution >= 0.6 is 0 Å². The highest BCUT2D eigenvalue weighted by Gasteiger charge is 2.35. The molecular weight excluding hydrogens is 535 g/mol. The number of Topliss-reactive ketones (excluding diaryl/α,β-unsaturated/α-hetero) is 1. The molecule has 0 aliphatic carbocycles. The van der Waals surface area contributed by atoms with Gasteiger partial charge in [-0.1, -0.05) is 12.1 Å². The number of fused-ring (bicyclic) bond motifs is 1. The van der Waals surface area contributed by atoms with Crippen LogP contribution in [0.5, 0.6) is 5.75 Å². The van der Waals surface area contributed by atoms with Crippen molar-refractivity contribution >= 4 is 29.0 Å². The van der Waals surface area contributed by atoms with Crippen LogP contribution in [0.25, 0.3) is 0 Å². The van der Waals surface area contributed by atoms with E-state index in [-0.39, 0.29) is 42.6 Å². The Morgan fingerprint density at radius 3 is 2.71 bits per heavy atom. The smallest absolute Gasteiger partial charge is 0.419 e. The molecule has 2 aromatic carbocycles. The number of aryl methyl sites for hydroxylation is 2. The van der Waals surface area contributed by atoms with Gasteiger partial charge in [0.2, 0.25) is 11.9 Å². The summed E-state index contributed by atoms with van der Waals surface area (Å²) in [5, 5.41) is 5.71. The van der Waals surface area contributed by atoms with E-state index in [1.54, 1.807) is 30.3 Å². The quantitative estimate of drug-likeness (QED) is 0.292. The average Bonchev–Trinajstić information content (AvgIpc) is 3.60. The van der Waals surface area contributed by atoms with Crippen molar-refractivity contribution < 1.29 is 27.5 Å². The third-order valence-electron chi connectivity index (χ3n) is 7.54. The van der Waals surface area contributed by atoms with Crippen molar-refractivity contribution in [1.29, 1.82) is 0 Å². The highest BCUT2D eigenvalue weighted by molar-refractivity contribution is 5.99. The molecule has 2 aliphatic heterocycles. The number of nitrogens with zero attached hydrogens (tertiary/aromatic N) is 3. The van der Waals surface area contributed by atoms with E-state index in [4.69, 9.17) is 4.74 Å². The van der Waals surface area contributed by atoms with E-state index in [9.17, 15) is 22.8 Å². The van der Waals surface area contributed by atoms with Crippen molar-refractivity contribution in [2.45, 2.75) is 51.1 Å². The van der Waals surface area contributed by atoms with Gasteiger partial charge in [0, 0.05) is 23.9 Å². The number of ketones is 1. The molecule has 3 heterocycles. The summed E-state index contributed by atoms with van der Waals surface area (Å²) < 4.78 is 46.9. The number of nitrogens with one attached hydrogen (secondary N) is 2. The normalized spacial score (nSPS) is 15.1. The zero-order valence-electron chi connectivity index (χ0n) is 22.8. The number of rotatable bonds is 11. The molecular formula is C30H32F3N5O3. The van der Waals surface area contributed by atoms with Crippen molar-refractivity contribution in [3.8, 4) is 5.75 Å². The second-order valence-electron chi connectivity index (χ2n) is 10.3. The minimum atomic E-state index is -4.63. The second kappa shape index (κ2) is 12.3. The van der Waals surface area contributed by atoms with Crippen molar-refractivity contribution in [3.05, 3.63) is 70.5 Å². The van der Waals surface area contributed by atoms with Crippen LogP contribution < -0.4 is 15.4 Å². The molecule has 41 heavy (non-hydrogen) atoms. The lowest BCUT2D eigenvalue weighted by Gasteiger charge is -2.16. The number of amides is 1. The number of halogens is 3. The van der Waals surface area contributed by atoms with E-state index < -0.39 is 11.7 Å². The molecule has 8 nitrogen and oxygen atoms in total. The number of hydrogen-bond donors (Lipinski definition) is 2. The van der Waals surface area contributed by atoms with E-state index in [0.717, 1.165) is 43.4 Å². The maximum atomic E-state index is 13.8. The monoisotopic (exact) mass is 567 g/mol. The maximum absolute atomic E-state index is 13.8. The van der Waals surface area contributed by atoms with Gasteiger partial charge in [0.05, 0.1) is 30.5 Å². The van der Waals surface area contributed by atoms with Crippen molar-refractivity contribution in [2.24, 2.45) is 0 Å². The van der Waals surface area contributed by atoms with Gasteiger partial charge in [0.25, 0.3) is 0 Å². The van der Waals surface area contributed by atoms with Gasteiger partial charge < -0.3 is 20.3 Å². The number of aromatic nitrogens is 2. The molecule has 2 aliphatic rings. The summed E-state index contributed by atoms with van der Waals surface area (Å²) in [6.07, 6.45) is 0.235. The first-order chi connectivity index (χ1) is 19.7. The molecule has 216 valence electrons. The second-order valence-corrected chi connectivity index (χ2v) is 10.3. The molecule has 1 amide bonds. The fourth-order valence-electron chi connectivity index (χ4n) is 5.41. The van der Waals surface area contributed by atoms with Crippen LogP contribution in [0.2, 0.25) is 0 Å². The topological polar surface area (TPSA) is 96.5 Å². The minimum Gasteiger partial charge on any atom is -0.495 e. The van der Waals surface area contributed by atoms with Crippen molar-refractivity contribution in [1.82, 2.24) is 14.9 Å². The van der Waals surface area contributed by atoms with Crippen LogP contribution in [-0.4, -0.2) is 53.3 Å². The van der Waals surface area contributed by atoms with E-state index in [0.29, 0.717) is 29.1 Å². The van der Waals surface area contributed by atoms with E-state index in [1.807, 2.05) is 6.07 Å². The number of anilines is 3. The third-order valence-corrected chi connectivity index (χ3v) is 7.54. The van der Waals surface area contributed by atoms with E-state index in [1.165, 1.54) is 20.0 Å². The predicted molar refractivity (Wildman–Crippen MR) is 149 cm³/mol. The summed E-state index contributed by atoms with van der Waals surface area (Å²) in [4.78, 5) is 35.1. The molecule has 0 atom stereocenters. The van der Waals surface area contributed by atoms with Gasteiger partial charge in [-0.15, -0.1) is 0 Å². The van der Waals surface area contributed by atoms with Gasteiger partial charge in [-0.2, -0.15) is 13.2 Å². The van der Waals surface area contributed by atoms with Gasteiger partial charge in [0.1, 0.15) is 5.75 Å². The summed E-state index contributed by atoms with van der Waals surface area (Å²) in [5.41, 5.74) is 2.15. The molecule has 3 aromatic rings. The Morgan fingerprint density at radius 2 is 1.95 bits per heavy atom. The van der Waals surface area contributed by atoms with Crippen LogP contribution in [0.15, 0.2) is 42.6 Å². The third kappa shape index (κ3) is 6.84. The Morgan fingerprint density at radius 1 is 1.15 bits per heavy atom. The molecule has 11 heteroatoms. The molecule has 0 bridgehead atoms. The highest BCUT2D eigenvalue weighted by Crippen LogP contribution is 2.34. The van der Waals surface area contributed by atoms with Gasteiger partial charge in [-0.05, 0) is 87.1 Å². The predicted octanol–water partition coefficient (Wildman–Crippen LogP) is 5.59. The van der Waals surface area contributed by atoms with Crippen LogP contribution in [0.3, 0.4) is 0 Å². The van der Waals surface area contributed by atoms with Gasteiger partial charge >= 0.3 is 6.18 Å². The molecule has 1 aromatic heterocycles. The first-order valence-corrected chi connectivity index (χ1v) is 13.8. The van der Waals surface area contributed by atoms with Gasteiger partial charge in [0.15, 0.2) is 5.78 Å². The molecule has 1 saturated heterocycles. The maximum Gasteiger partial charge on any atom is 0.419 e. The standard InChI is InChI=1S/C30H32F3N5O3/c1-41-27-16-20(26(39)8-5-15-38-13-2-3-14-38)10-12-25(27)37-29-34-18-22(30(31,32)33)24(36-29)11-9-19-6-4-7-23-21(19)17-28(40)35-23/h4,6-7,10,12,16,18H,2-3,5,8-9,11,13-15,17H2,1H3,(H,35,40)(H,34,36,37). The first-order valence-electron chi connectivity index (χ1n) is 13.8. The number of carbonyl (C=O) groups excluding carboxylic acids is 2. The van der Waals surface area contributed by atoms with Crippen LogP contribution in [-0.2, 0) is 30.2 Å². The summed E-state index contributed by atoms with van der Waals surface area (Å²) in [5.74, 6) is 0.204.